The first kappa shape index (κ1) is 14.8. The Morgan fingerprint density at radius 1 is 1.20 bits per heavy atom. The highest BCUT2D eigenvalue weighted by molar-refractivity contribution is 9.10. The van der Waals surface area contributed by atoms with Crippen LogP contribution in [-0.4, -0.2) is 13.5 Å². The van der Waals surface area contributed by atoms with Crippen molar-refractivity contribution in [3.8, 4) is 5.75 Å². The highest BCUT2D eigenvalue weighted by atomic mass is 79.9. The molecule has 0 aliphatic carbocycles. The molecule has 0 amide bonds. The maximum Gasteiger partial charge on any atom is 0.261 e. The lowest BCUT2D eigenvalue weighted by atomic mass is 10.2. The number of hydrogen-bond donors (Lipinski definition) is 2. The summed E-state index contributed by atoms with van der Waals surface area (Å²) in [4.78, 5) is -0.0157. The van der Waals surface area contributed by atoms with E-state index in [1.165, 1.54) is 30.3 Å². The molecule has 0 saturated heterocycles. The van der Waals surface area contributed by atoms with Gasteiger partial charge in [-0.1, -0.05) is 0 Å². The minimum Gasteiger partial charge on any atom is -0.508 e. The molecule has 0 radical (unpaired) electrons. The van der Waals surface area contributed by atoms with Crippen molar-refractivity contribution in [2.24, 2.45) is 0 Å². The summed E-state index contributed by atoms with van der Waals surface area (Å²) in [7, 11) is -3.83. The lowest BCUT2D eigenvalue weighted by molar-refractivity contribution is 0.475. The van der Waals surface area contributed by atoms with Crippen molar-refractivity contribution in [3.05, 3.63) is 52.3 Å². The van der Waals surface area contributed by atoms with E-state index in [0.29, 0.717) is 5.56 Å². The monoisotopic (exact) mass is 359 g/mol. The Kier molecular flexibility index (Phi) is 4.01. The number of phenolic OH excluding ortho intramolecular Hbond substituents is 1. The van der Waals surface area contributed by atoms with E-state index in [1.54, 1.807) is 6.92 Å². The number of nitrogens with one attached hydrogen (secondary N) is 1. The van der Waals surface area contributed by atoms with Crippen LogP contribution in [0.25, 0.3) is 0 Å². The Labute approximate surface area is 124 Å². The van der Waals surface area contributed by atoms with E-state index >= 15 is 0 Å². The van der Waals surface area contributed by atoms with Crippen LogP contribution in [0.15, 0.2) is 45.8 Å². The number of sulfonamides is 1. The van der Waals surface area contributed by atoms with E-state index in [4.69, 9.17) is 5.11 Å². The van der Waals surface area contributed by atoms with Gasteiger partial charge >= 0.3 is 0 Å². The Morgan fingerprint density at radius 2 is 1.80 bits per heavy atom. The van der Waals surface area contributed by atoms with Crippen molar-refractivity contribution >= 4 is 31.6 Å². The van der Waals surface area contributed by atoms with Crippen LogP contribution in [0, 0.1) is 12.7 Å². The third-order valence-corrected chi connectivity index (χ3v) is 4.65. The molecule has 0 spiro atoms. The van der Waals surface area contributed by atoms with Crippen molar-refractivity contribution < 1.29 is 17.9 Å². The molecular weight excluding hydrogens is 349 g/mol. The quantitative estimate of drug-likeness (QED) is 0.882. The molecule has 7 heteroatoms. The van der Waals surface area contributed by atoms with Gasteiger partial charge in [-0.05, 0) is 64.8 Å². The molecule has 0 heterocycles. The van der Waals surface area contributed by atoms with Crippen LogP contribution in [0.2, 0.25) is 0 Å². The van der Waals surface area contributed by atoms with Crippen LogP contribution in [0.5, 0.6) is 5.75 Å². The summed E-state index contributed by atoms with van der Waals surface area (Å²) in [6.45, 7) is 1.67. The van der Waals surface area contributed by atoms with Crippen LogP contribution in [0.4, 0.5) is 10.1 Å². The zero-order valence-corrected chi connectivity index (χ0v) is 12.8. The number of aryl methyl sites for hydroxylation is 1. The van der Waals surface area contributed by atoms with Gasteiger partial charge in [0.15, 0.2) is 0 Å². The lowest BCUT2D eigenvalue weighted by Crippen LogP contribution is -2.13. The predicted molar refractivity (Wildman–Crippen MR) is 77.8 cm³/mol. The van der Waals surface area contributed by atoms with Gasteiger partial charge < -0.3 is 5.11 Å². The van der Waals surface area contributed by atoms with E-state index in [-0.39, 0.29) is 20.8 Å². The van der Waals surface area contributed by atoms with E-state index in [1.807, 2.05) is 0 Å². The van der Waals surface area contributed by atoms with Gasteiger partial charge in [-0.2, -0.15) is 0 Å². The van der Waals surface area contributed by atoms with Crippen molar-refractivity contribution in [3.63, 3.8) is 0 Å². The Hall–Kier alpha value is -1.60. The first-order valence-electron chi connectivity index (χ1n) is 5.57. The van der Waals surface area contributed by atoms with Gasteiger partial charge in [-0.25, -0.2) is 12.8 Å². The summed E-state index contributed by atoms with van der Waals surface area (Å²) in [6.07, 6.45) is 0. The fraction of sp³-hybridized carbons (Fsp3) is 0.0769. The summed E-state index contributed by atoms with van der Waals surface area (Å²) >= 11 is 3.03. The average molecular weight is 360 g/mol. The zero-order chi connectivity index (χ0) is 14.9. The van der Waals surface area contributed by atoms with E-state index in [0.717, 1.165) is 6.07 Å². The number of halogens is 2. The third kappa shape index (κ3) is 3.10. The Bertz CT molecular complexity index is 745. The summed E-state index contributed by atoms with van der Waals surface area (Å²) in [6, 6.07) is 7.67. The molecule has 106 valence electrons. The van der Waals surface area contributed by atoms with Crippen molar-refractivity contribution in [1.82, 2.24) is 0 Å². The molecule has 2 aromatic carbocycles. The minimum absolute atomic E-state index is 0.0157. The van der Waals surface area contributed by atoms with Gasteiger partial charge in [-0.3, -0.25) is 4.72 Å². The summed E-state index contributed by atoms with van der Waals surface area (Å²) < 4.78 is 40.3. The predicted octanol–water partition coefficient (Wildman–Crippen LogP) is 3.40. The second kappa shape index (κ2) is 5.41. The molecule has 0 bridgehead atoms. The molecule has 2 N–H and O–H groups in total. The number of anilines is 1. The van der Waals surface area contributed by atoms with Crippen LogP contribution < -0.4 is 4.72 Å². The first-order chi connectivity index (χ1) is 9.29. The molecule has 0 aliphatic heterocycles. The number of aromatic hydroxyl groups is 1. The SMILES string of the molecule is Cc1cc(Br)c(F)cc1NS(=O)(=O)c1ccc(O)cc1. The number of benzene rings is 2. The van der Waals surface area contributed by atoms with Crippen molar-refractivity contribution in [1.29, 1.82) is 0 Å². The largest absolute Gasteiger partial charge is 0.508 e. The highest BCUT2D eigenvalue weighted by Crippen LogP contribution is 2.26. The summed E-state index contributed by atoms with van der Waals surface area (Å²) in [5.74, 6) is -0.589. The van der Waals surface area contributed by atoms with Crippen LogP contribution >= 0.6 is 15.9 Å². The number of phenols is 1. The fourth-order valence-corrected chi connectivity index (χ4v) is 3.16. The molecule has 20 heavy (non-hydrogen) atoms. The van der Waals surface area contributed by atoms with Crippen LogP contribution in [0.1, 0.15) is 5.56 Å². The van der Waals surface area contributed by atoms with E-state index in [9.17, 15) is 12.8 Å². The fourth-order valence-electron chi connectivity index (χ4n) is 1.59. The molecule has 0 fully saturated rings. The number of hydrogen-bond acceptors (Lipinski definition) is 3. The summed E-state index contributed by atoms with van der Waals surface area (Å²) in [5, 5.41) is 9.15. The Balaban J connectivity index is 2.38. The Morgan fingerprint density at radius 3 is 2.40 bits per heavy atom. The summed E-state index contributed by atoms with van der Waals surface area (Å²) in [5.41, 5.74) is 0.749. The highest BCUT2D eigenvalue weighted by Gasteiger charge is 2.16. The van der Waals surface area contributed by atoms with Gasteiger partial charge in [0, 0.05) is 0 Å². The smallest absolute Gasteiger partial charge is 0.261 e. The normalized spacial score (nSPS) is 11.3. The van der Waals surface area contributed by atoms with Gasteiger partial charge in [0.2, 0.25) is 0 Å². The average Bonchev–Trinajstić information content (AvgIpc) is 2.36. The van der Waals surface area contributed by atoms with Gasteiger partial charge in [0.1, 0.15) is 11.6 Å². The van der Waals surface area contributed by atoms with Crippen LogP contribution in [0.3, 0.4) is 0 Å². The molecule has 0 unspecified atom stereocenters. The maximum atomic E-state index is 13.5. The number of rotatable bonds is 3. The molecule has 2 rings (SSSR count). The standard InChI is InChI=1S/C13H11BrFNO3S/c1-8-6-11(14)12(15)7-13(8)16-20(18,19)10-4-2-9(17)3-5-10/h2-7,16-17H,1H3. The second-order valence-corrected chi connectivity index (χ2v) is 6.72. The van der Waals surface area contributed by atoms with Crippen molar-refractivity contribution in [2.75, 3.05) is 4.72 Å². The zero-order valence-electron chi connectivity index (χ0n) is 10.4. The minimum atomic E-state index is -3.83. The van der Waals surface area contributed by atoms with Gasteiger partial charge in [0.05, 0.1) is 15.1 Å². The van der Waals surface area contributed by atoms with Crippen molar-refractivity contribution in [2.45, 2.75) is 11.8 Å². The van der Waals surface area contributed by atoms with E-state index < -0.39 is 15.8 Å². The molecule has 0 aliphatic rings. The first-order valence-corrected chi connectivity index (χ1v) is 7.85. The molecule has 0 saturated carbocycles. The van der Waals surface area contributed by atoms with Crippen LogP contribution in [-0.2, 0) is 10.0 Å². The molecule has 0 aromatic heterocycles. The molecule has 2 aromatic rings. The maximum absolute atomic E-state index is 13.5. The second-order valence-electron chi connectivity index (χ2n) is 4.18. The van der Waals surface area contributed by atoms with Gasteiger partial charge in [-0.15, -0.1) is 0 Å². The van der Waals surface area contributed by atoms with E-state index in [2.05, 4.69) is 20.7 Å². The lowest BCUT2D eigenvalue weighted by Gasteiger charge is -2.11. The topological polar surface area (TPSA) is 66.4 Å². The molecule has 0 atom stereocenters. The molecule has 4 nitrogen and oxygen atoms in total. The molecular formula is C13H11BrFNO3S. The van der Waals surface area contributed by atoms with Gasteiger partial charge in [0.25, 0.3) is 10.0 Å². The third-order valence-electron chi connectivity index (χ3n) is 2.66.